The topological polar surface area (TPSA) is 44.8 Å². The summed E-state index contributed by atoms with van der Waals surface area (Å²) in [6, 6.07) is 0. The van der Waals surface area contributed by atoms with Gasteiger partial charge in [0, 0.05) is 18.3 Å². The van der Waals surface area contributed by atoms with Crippen LogP contribution in [-0.2, 0) is 18.7 Å². The molecular weight excluding hydrogens is 328 g/mol. The standard InChI is InChI=1S/C17H36O4SSi/c1-5-6-7-8-9-12-17(18)22-13-10-11-16(4)20-23-21-19-14-15(2)3/h15-16H,5-14,23H2,1-4H3. The van der Waals surface area contributed by atoms with Gasteiger partial charge in [0.15, 0.2) is 5.12 Å². The van der Waals surface area contributed by atoms with Gasteiger partial charge in [0.25, 0.3) is 0 Å². The molecule has 138 valence electrons. The van der Waals surface area contributed by atoms with Gasteiger partial charge in [0.05, 0.1) is 6.61 Å². The predicted molar refractivity (Wildman–Crippen MR) is 101 cm³/mol. The molecule has 0 N–H and O–H groups in total. The van der Waals surface area contributed by atoms with Crippen LogP contribution in [0.3, 0.4) is 0 Å². The van der Waals surface area contributed by atoms with E-state index in [1.807, 2.05) is 0 Å². The minimum Gasteiger partial charge on any atom is -0.394 e. The van der Waals surface area contributed by atoms with Gasteiger partial charge in [0.1, 0.15) is 0 Å². The minimum absolute atomic E-state index is 0.189. The number of carbonyl (C=O) groups excluding carboxylic acids is 1. The number of rotatable bonds is 16. The highest BCUT2D eigenvalue weighted by molar-refractivity contribution is 8.13. The molecule has 0 heterocycles. The molecule has 1 atom stereocenters. The molecule has 1 unspecified atom stereocenters. The van der Waals surface area contributed by atoms with Crippen molar-refractivity contribution in [3.8, 4) is 0 Å². The summed E-state index contributed by atoms with van der Waals surface area (Å²) < 4.78 is 10.7. The lowest BCUT2D eigenvalue weighted by atomic mass is 10.1. The van der Waals surface area contributed by atoms with Gasteiger partial charge < -0.3 is 4.43 Å². The van der Waals surface area contributed by atoms with Crippen LogP contribution in [0.2, 0.25) is 0 Å². The van der Waals surface area contributed by atoms with E-state index < -0.39 is 10.0 Å². The van der Waals surface area contributed by atoms with Crippen molar-refractivity contribution in [2.24, 2.45) is 5.92 Å². The van der Waals surface area contributed by atoms with Crippen LogP contribution in [-0.4, -0.2) is 33.6 Å². The summed E-state index contributed by atoms with van der Waals surface area (Å²) in [6.07, 6.45) is 8.93. The summed E-state index contributed by atoms with van der Waals surface area (Å²) in [5.74, 6) is 1.37. The normalized spacial score (nSPS) is 13.3. The highest BCUT2D eigenvalue weighted by atomic mass is 32.2. The van der Waals surface area contributed by atoms with Crippen LogP contribution in [0, 0.1) is 5.92 Å². The molecule has 0 radical (unpaired) electrons. The Hall–Kier alpha value is 0.117. The van der Waals surface area contributed by atoms with Gasteiger partial charge in [0.2, 0.25) is 0 Å². The maximum atomic E-state index is 11.7. The molecule has 0 aliphatic heterocycles. The molecule has 0 aliphatic carbocycles. The Morgan fingerprint density at radius 1 is 1.09 bits per heavy atom. The average Bonchev–Trinajstić information content (AvgIpc) is 2.50. The van der Waals surface area contributed by atoms with Crippen LogP contribution >= 0.6 is 11.8 Å². The van der Waals surface area contributed by atoms with Crippen LogP contribution in [0.1, 0.15) is 79.1 Å². The molecule has 0 aromatic carbocycles. The summed E-state index contributed by atoms with van der Waals surface area (Å²) in [5, 5.41) is 0.342. The first-order chi connectivity index (χ1) is 11.1. The summed E-state index contributed by atoms with van der Waals surface area (Å²) in [7, 11) is -1.04. The Morgan fingerprint density at radius 2 is 1.83 bits per heavy atom. The average molecular weight is 365 g/mol. The smallest absolute Gasteiger partial charge is 0.345 e. The third-order valence-corrected chi connectivity index (χ3v) is 5.37. The first-order valence-corrected chi connectivity index (χ1v) is 11.2. The zero-order chi connectivity index (χ0) is 17.3. The monoisotopic (exact) mass is 364 g/mol. The third-order valence-electron chi connectivity index (χ3n) is 3.39. The zero-order valence-corrected chi connectivity index (χ0v) is 17.7. The molecule has 0 bridgehead atoms. The Bertz CT molecular complexity index is 277. The van der Waals surface area contributed by atoms with Crippen molar-refractivity contribution < 1.29 is 18.7 Å². The first kappa shape index (κ1) is 23.1. The largest absolute Gasteiger partial charge is 0.394 e. The van der Waals surface area contributed by atoms with Gasteiger partial charge in [-0.3, -0.25) is 9.37 Å². The van der Waals surface area contributed by atoms with Crippen LogP contribution in [0.4, 0.5) is 0 Å². The molecule has 0 rings (SSSR count). The number of carbonyl (C=O) groups is 1. The second-order valence-corrected chi connectivity index (χ2v) is 8.38. The summed E-state index contributed by atoms with van der Waals surface area (Å²) in [5.41, 5.74) is 0. The molecule has 0 saturated carbocycles. The highest BCUT2D eigenvalue weighted by Crippen LogP contribution is 2.14. The predicted octanol–water partition coefficient (Wildman–Crippen LogP) is 4.40. The molecule has 0 aromatic rings. The van der Waals surface area contributed by atoms with Crippen molar-refractivity contribution in [3.05, 3.63) is 0 Å². The molecule has 6 heteroatoms. The van der Waals surface area contributed by atoms with Crippen molar-refractivity contribution >= 4 is 26.9 Å². The van der Waals surface area contributed by atoms with Gasteiger partial charge in [-0.1, -0.05) is 58.2 Å². The fourth-order valence-electron chi connectivity index (χ4n) is 1.95. The molecular formula is C17H36O4SSi. The van der Waals surface area contributed by atoms with Crippen molar-refractivity contribution in [2.45, 2.75) is 85.2 Å². The maximum Gasteiger partial charge on any atom is 0.345 e. The molecule has 0 fully saturated rings. The van der Waals surface area contributed by atoms with E-state index >= 15 is 0 Å². The van der Waals surface area contributed by atoms with E-state index in [0.717, 1.165) is 31.4 Å². The minimum atomic E-state index is -1.04. The molecule has 0 aromatic heterocycles. The molecule has 0 saturated heterocycles. The van der Waals surface area contributed by atoms with Crippen molar-refractivity contribution in [1.29, 1.82) is 0 Å². The van der Waals surface area contributed by atoms with E-state index in [4.69, 9.17) is 13.9 Å². The van der Waals surface area contributed by atoms with Crippen LogP contribution < -0.4 is 0 Å². The van der Waals surface area contributed by atoms with E-state index in [2.05, 4.69) is 27.7 Å². The first-order valence-electron chi connectivity index (χ1n) is 9.07. The fraction of sp³-hybridized carbons (Fsp3) is 0.941. The molecule has 0 amide bonds. The van der Waals surface area contributed by atoms with Gasteiger partial charge in [-0.15, -0.1) is 0 Å². The Morgan fingerprint density at radius 3 is 2.52 bits per heavy atom. The number of unbranched alkanes of at least 4 members (excludes halogenated alkanes) is 4. The third kappa shape index (κ3) is 18.3. The number of hydrogen-bond acceptors (Lipinski definition) is 5. The second kappa shape index (κ2) is 17.0. The molecule has 4 nitrogen and oxygen atoms in total. The number of hydrogen-bond donors (Lipinski definition) is 0. The van der Waals surface area contributed by atoms with E-state index in [-0.39, 0.29) is 6.10 Å². The van der Waals surface area contributed by atoms with Gasteiger partial charge in [-0.05, 0) is 32.1 Å². The van der Waals surface area contributed by atoms with Gasteiger partial charge in [-0.25, -0.2) is 4.89 Å². The fourth-order valence-corrected chi connectivity index (χ4v) is 3.39. The molecule has 0 aliphatic rings. The van der Waals surface area contributed by atoms with Gasteiger partial charge in [-0.2, -0.15) is 0 Å². The van der Waals surface area contributed by atoms with Gasteiger partial charge >= 0.3 is 10.0 Å². The number of thioether (sulfide) groups is 1. The maximum absolute atomic E-state index is 11.7. The summed E-state index contributed by atoms with van der Waals surface area (Å²) in [6.45, 7) is 9.04. The lowest BCUT2D eigenvalue weighted by molar-refractivity contribution is -0.227. The Kier molecular flexibility index (Phi) is 17.0. The Balaban J connectivity index is 3.33. The lowest BCUT2D eigenvalue weighted by Crippen LogP contribution is -2.16. The van der Waals surface area contributed by atoms with E-state index in [9.17, 15) is 4.79 Å². The quantitative estimate of drug-likeness (QED) is 0.176. The van der Waals surface area contributed by atoms with E-state index in [0.29, 0.717) is 17.6 Å². The second-order valence-electron chi connectivity index (χ2n) is 6.42. The van der Waals surface area contributed by atoms with Crippen LogP contribution in [0.15, 0.2) is 0 Å². The van der Waals surface area contributed by atoms with Crippen LogP contribution in [0.5, 0.6) is 0 Å². The summed E-state index contributed by atoms with van der Waals surface area (Å²) >= 11 is 1.48. The zero-order valence-electron chi connectivity index (χ0n) is 15.5. The van der Waals surface area contributed by atoms with Crippen LogP contribution in [0.25, 0.3) is 0 Å². The highest BCUT2D eigenvalue weighted by Gasteiger charge is 2.06. The van der Waals surface area contributed by atoms with Crippen molar-refractivity contribution in [2.75, 3.05) is 12.4 Å². The lowest BCUT2D eigenvalue weighted by Gasteiger charge is -2.13. The molecule has 0 spiro atoms. The van der Waals surface area contributed by atoms with E-state index in [1.165, 1.54) is 37.4 Å². The Labute approximate surface area is 149 Å². The van der Waals surface area contributed by atoms with Crippen molar-refractivity contribution in [1.82, 2.24) is 0 Å². The molecule has 23 heavy (non-hydrogen) atoms. The van der Waals surface area contributed by atoms with E-state index in [1.54, 1.807) is 0 Å². The summed E-state index contributed by atoms with van der Waals surface area (Å²) in [4.78, 5) is 16.8. The SMILES string of the molecule is CCCCCCCC(=O)SCCCC(C)O[SiH2]OOCC(C)C. The van der Waals surface area contributed by atoms with Crippen molar-refractivity contribution in [3.63, 3.8) is 0 Å².